The van der Waals surface area contributed by atoms with Crippen LogP contribution in [0.3, 0.4) is 0 Å². The molecular weight excluding hydrogens is 247 g/mol. The Bertz CT molecular complexity index is 420. The van der Waals surface area contributed by atoms with Crippen LogP contribution in [0.25, 0.3) is 0 Å². The highest BCUT2D eigenvalue weighted by Gasteiger charge is 2.23. The molecule has 0 aliphatic carbocycles. The molecule has 0 unspecified atom stereocenters. The lowest BCUT2D eigenvalue weighted by atomic mass is 10.1. The van der Waals surface area contributed by atoms with E-state index in [0.29, 0.717) is 17.0 Å². The summed E-state index contributed by atoms with van der Waals surface area (Å²) in [6.45, 7) is 7.31. The fourth-order valence-electron chi connectivity index (χ4n) is 2.15. The molecule has 0 saturated carbocycles. The van der Waals surface area contributed by atoms with Gasteiger partial charge in [0.1, 0.15) is 5.82 Å². The van der Waals surface area contributed by atoms with Gasteiger partial charge in [-0.25, -0.2) is 4.39 Å². The van der Waals surface area contributed by atoms with Crippen molar-refractivity contribution in [1.82, 2.24) is 4.90 Å². The molecule has 18 heavy (non-hydrogen) atoms. The molecule has 1 fully saturated rings. The molecule has 0 radical (unpaired) electrons. The number of halogens is 1. The number of nitrogen functional groups attached to an aromatic ring is 1. The summed E-state index contributed by atoms with van der Waals surface area (Å²) in [7, 11) is 0. The number of nitrogens with zero attached hydrogens (tertiary/aromatic N) is 1. The first-order valence-electron chi connectivity index (χ1n) is 6.36. The summed E-state index contributed by atoms with van der Waals surface area (Å²) >= 11 is 2.01. The van der Waals surface area contributed by atoms with Crippen molar-refractivity contribution in [3.8, 4) is 0 Å². The van der Waals surface area contributed by atoms with E-state index in [0.717, 1.165) is 30.8 Å². The van der Waals surface area contributed by atoms with E-state index in [1.807, 2.05) is 11.8 Å². The minimum absolute atomic E-state index is 0.189. The van der Waals surface area contributed by atoms with Gasteiger partial charge in [0.05, 0.1) is 0 Å². The molecule has 0 amide bonds. The topological polar surface area (TPSA) is 29.3 Å². The van der Waals surface area contributed by atoms with Gasteiger partial charge in [-0.05, 0) is 25.1 Å². The fourth-order valence-corrected chi connectivity index (χ4v) is 3.29. The van der Waals surface area contributed by atoms with Crippen LogP contribution in [0.1, 0.15) is 25.8 Å². The number of hydrogen-bond acceptors (Lipinski definition) is 3. The first kappa shape index (κ1) is 13.7. The molecule has 2 N–H and O–H groups in total. The Labute approximate surface area is 113 Å². The van der Waals surface area contributed by atoms with Crippen molar-refractivity contribution < 1.29 is 4.39 Å². The van der Waals surface area contributed by atoms with Crippen LogP contribution < -0.4 is 5.73 Å². The zero-order chi connectivity index (χ0) is 13.2. The molecule has 100 valence electrons. The van der Waals surface area contributed by atoms with Crippen molar-refractivity contribution in [1.29, 1.82) is 0 Å². The number of rotatable bonds is 2. The van der Waals surface area contributed by atoms with Crippen molar-refractivity contribution in [2.75, 3.05) is 24.6 Å². The van der Waals surface area contributed by atoms with E-state index in [9.17, 15) is 4.39 Å². The van der Waals surface area contributed by atoms with Gasteiger partial charge >= 0.3 is 0 Å². The third-order valence-electron chi connectivity index (χ3n) is 3.40. The highest BCUT2D eigenvalue weighted by molar-refractivity contribution is 8.00. The van der Waals surface area contributed by atoms with Gasteiger partial charge in [-0.3, -0.25) is 4.90 Å². The molecule has 1 aromatic carbocycles. The maximum Gasteiger partial charge on any atom is 0.129 e. The van der Waals surface area contributed by atoms with E-state index in [2.05, 4.69) is 18.7 Å². The average Bonchev–Trinajstić information content (AvgIpc) is 2.44. The van der Waals surface area contributed by atoms with E-state index in [1.165, 1.54) is 6.07 Å². The van der Waals surface area contributed by atoms with Crippen LogP contribution in [-0.2, 0) is 6.54 Å². The Morgan fingerprint density at radius 1 is 1.39 bits per heavy atom. The second-order valence-corrected chi connectivity index (χ2v) is 7.29. The Hall–Kier alpha value is -0.740. The highest BCUT2D eigenvalue weighted by Crippen LogP contribution is 2.31. The van der Waals surface area contributed by atoms with Gasteiger partial charge < -0.3 is 5.73 Å². The summed E-state index contributed by atoms with van der Waals surface area (Å²) in [6.07, 6.45) is 1.15. The Kier molecular flexibility index (Phi) is 4.17. The van der Waals surface area contributed by atoms with E-state index in [4.69, 9.17) is 5.73 Å². The highest BCUT2D eigenvalue weighted by atomic mass is 32.2. The lowest BCUT2D eigenvalue weighted by molar-refractivity contribution is 0.272. The number of hydrogen-bond donors (Lipinski definition) is 1. The molecule has 1 saturated heterocycles. The van der Waals surface area contributed by atoms with E-state index < -0.39 is 0 Å². The predicted octanol–water partition coefficient (Wildman–Crippen LogP) is 3.13. The maximum absolute atomic E-state index is 13.7. The van der Waals surface area contributed by atoms with Crippen LogP contribution in [0.4, 0.5) is 10.1 Å². The Morgan fingerprint density at radius 2 is 2.17 bits per heavy atom. The molecule has 0 aromatic heterocycles. The van der Waals surface area contributed by atoms with Gasteiger partial charge in [-0.2, -0.15) is 11.8 Å². The molecule has 1 heterocycles. The average molecular weight is 268 g/mol. The maximum atomic E-state index is 13.7. The van der Waals surface area contributed by atoms with Gasteiger partial charge in [0.25, 0.3) is 0 Å². The molecule has 1 aliphatic rings. The van der Waals surface area contributed by atoms with Crippen LogP contribution in [0.2, 0.25) is 0 Å². The van der Waals surface area contributed by atoms with E-state index in [1.54, 1.807) is 12.1 Å². The molecule has 4 heteroatoms. The Morgan fingerprint density at radius 3 is 2.89 bits per heavy atom. The summed E-state index contributed by atoms with van der Waals surface area (Å²) in [5, 5.41) is 0. The summed E-state index contributed by atoms with van der Waals surface area (Å²) in [4.78, 5) is 2.33. The third kappa shape index (κ3) is 3.62. The lowest BCUT2D eigenvalue weighted by Crippen LogP contribution is -2.27. The Balaban J connectivity index is 2.01. The van der Waals surface area contributed by atoms with E-state index in [-0.39, 0.29) is 5.82 Å². The van der Waals surface area contributed by atoms with Crippen LogP contribution in [-0.4, -0.2) is 28.5 Å². The smallest absolute Gasteiger partial charge is 0.129 e. The number of anilines is 1. The van der Waals surface area contributed by atoms with Crippen LogP contribution in [0.5, 0.6) is 0 Å². The van der Waals surface area contributed by atoms with Crippen LogP contribution >= 0.6 is 11.8 Å². The van der Waals surface area contributed by atoms with Gasteiger partial charge in [0.15, 0.2) is 0 Å². The number of benzene rings is 1. The summed E-state index contributed by atoms with van der Waals surface area (Å²) in [5.74, 6) is 0.926. The second-order valence-electron chi connectivity index (χ2n) is 5.49. The minimum atomic E-state index is -0.189. The predicted molar refractivity (Wildman–Crippen MR) is 77.2 cm³/mol. The molecule has 0 atom stereocenters. The molecule has 0 spiro atoms. The normalized spacial score (nSPS) is 20.6. The summed E-state index contributed by atoms with van der Waals surface area (Å²) in [5.41, 5.74) is 6.80. The first-order valence-corrected chi connectivity index (χ1v) is 7.35. The van der Waals surface area contributed by atoms with Crippen LogP contribution in [0, 0.1) is 5.82 Å². The molecular formula is C14H21FN2S. The third-order valence-corrected chi connectivity index (χ3v) is 4.77. The van der Waals surface area contributed by atoms with Crippen molar-refractivity contribution in [2.45, 2.75) is 31.6 Å². The van der Waals surface area contributed by atoms with Crippen LogP contribution in [0.15, 0.2) is 18.2 Å². The van der Waals surface area contributed by atoms with Crippen molar-refractivity contribution >= 4 is 17.4 Å². The van der Waals surface area contributed by atoms with Gasteiger partial charge in [0, 0.05) is 34.8 Å². The van der Waals surface area contributed by atoms with Crippen molar-refractivity contribution in [3.63, 3.8) is 0 Å². The van der Waals surface area contributed by atoms with Gasteiger partial charge in [0.2, 0.25) is 0 Å². The zero-order valence-corrected chi connectivity index (χ0v) is 11.9. The first-order chi connectivity index (χ1) is 8.46. The summed E-state index contributed by atoms with van der Waals surface area (Å²) in [6, 6.07) is 4.98. The molecule has 2 nitrogen and oxygen atoms in total. The second kappa shape index (κ2) is 5.49. The monoisotopic (exact) mass is 268 g/mol. The van der Waals surface area contributed by atoms with Crippen molar-refractivity contribution in [2.24, 2.45) is 0 Å². The van der Waals surface area contributed by atoms with E-state index >= 15 is 0 Å². The quantitative estimate of drug-likeness (QED) is 0.836. The SMILES string of the molecule is CC1(C)CCN(Cc2ccc(N)cc2F)CCS1. The van der Waals surface area contributed by atoms with Gasteiger partial charge in [-0.15, -0.1) is 0 Å². The molecule has 1 aromatic rings. The largest absolute Gasteiger partial charge is 0.399 e. The van der Waals surface area contributed by atoms with Gasteiger partial charge in [-0.1, -0.05) is 19.9 Å². The fraction of sp³-hybridized carbons (Fsp3) is 0.571. The molecule has 1 aliphatic heterocycles. The molecule has 0 bridgehead atoms. The van der Waals surface area contributed by atoms with Crippen molar-refractivity contribution in [3.05, 3.63) is 29.6 Å². The lowest BCUT2D eigenvalue weighted by Gasteiger charge is -2.22. The molecule has 2 rings (SSSR count). The summed E-state index contributed by atoms with van der Waals surface area (Å²) < 4.78 is 14.1. The standard InChI is InChI=1S/C14H21FN2S/c1-14(2)5-6-17(7-8-18-14)10-11-3-4-12(16)9-13(11)15/h3-4,9H,5-8,10,16H2,1-2H3. The number of nitrogens with two attached hydrogens (primary N) is 1. The number of thioether (sulfide) groups is 1. The zero-order valence-electron chi connectivity index (χ0n) is 11.1. The minimum Gasteiger partial charge on any atom is -0.399 e.